The molecular formula is C18H22N4O5. The first-order valence-electron chi connectivity index (χ1n) is 8.45. The topological polar surface area (TPSA) is 125 Å². The fourth-order valence-electron chi connectivity index (χ4n) is 2.65. The van der Waals surface area contributed by atoms with Gasteiger partial charge in [0.25, 0.3) is 0 Å². The molecule has 0 unspecified atom stereocenters. The SMILES string of the molecule is CC(=O)NCCN(Cc1ccccc1)C(=O)CC1(C)C(=O)NC(=O)NC1=O. The van der Waals surface area contributed by atoms with Gasteiger partial charge in [-0.1, -0.05) is 30.3 Å². The van der Waals surface area contributed by atoms with Crippen molar-refractivity contribution in [1.82, 2.24) is 20.9 Å². The molecule has 0 aromatic heterocycles. The molecule has 1 saturated heterocycles. The van der Waals surface area contributed by atoms with Gasteiger partial charge in [0.1, 0.15) is 5.41 Å². The third kappa shape index (κ3) is 5.13. The summed E-state index contributed by atoms with van der Waals surface area (Å²) in [5.74, 6) is -2.29. The molecule has 2 rings (SSSR count). The van der Waals surface area contributed by atoms with Crippen LogP contribution in [0.2, 0.25) is 0 Å². The summed E-state index contributed by atoms with van der Waals surface area (Å²) in [5.41, 5.74) is -0.819. The Morgan fingerprint density at radius 3 is 2.22 bits per heavy atom. The Bertz CT molecular complexity index is 742. The molecule has 0 saturated carbocycles. The van der Waals surface area contributed by atoms with Crippen molar-refractivity contribution in [2.45, 2.75) is 26.8 Å². The van der Waals surface area contributed by atoms with Gasteiger partial charge in [-0.25, -0.2) is 4.79 Å². The normalized spacial score (nSPS) is 15.6. The molecule has 9 nitrogen and oxygen atoms in total. The van der Waals surface area contributed by atoms with Crippen LogP contribution >= 0.6 is 0 Å². The van der Waals surface area contributed by atoms with E-state index in [1.165, 1.54) is 18.7 Å². The molecule has 1 fully saturated rings. The van der Waals surface area contributed by atoms with Crippen molar-refractivity contribution in [2.24, 2.45) is 5.41 Å². The predicted octanol–water partition coefficient (Wildman–Crippen LogP) is -0.0863. The number of urea groups is 1. The van der Waals surface area contributed by atoms with Crippen LogP contribution in [0.15, 0.2) is 30.3 Å². The van der Waals surface area contributed by atoms with Gasteiger partial charge in [0.15, 0.2) is 0 Å². The van der Waals surface area contributed by atoms with Crippen LogP contribution < -0.4 is 16.0 Å². The van der Waals surface area contributed by atoms with Crippen LogP contribution in [0, 0.1) is 5.41 Å². The number of rotatable bonds is 7. The van der Waals surface area contributed by atoms with Gasteiger partial charge < -0.3 is 10.2 Å². The van der Waals surface area contributed by atoms with E-state index in [9.17, 15) is 24.0 Å². The second-order valence-corrected chi connectivity index (χ2v) is 6.53. The first-order valence-corrected chi connectivity index (χ1v) is 8.45. The van der Waals surface area contributed by atoms with E-state index in [1.54, 1.807) is 0 Å². The monoisotopic (exact) mass is 374 g/mol. The maximum Gasteiger partial charge on any atom is 0.328 e. The molecule has 1 aromatic carbocycles. The van der Waals surface area contributed by atoms with Gasteiger partial charge in [0.2, 0.25) is 23.6 Å². The predicted molar refractivity (Wildman–Crippen MR) is 94.9 cm³/mol. The van der Waals surface area contributed by atoms with Crippen molar-refractivity contribution < 1.29 is 24.0 Å². The third-order valence-corrected chi connectivity index (χ3v) is 4.29. The summed E-state index contributed by atoms with van der Waals surface area (Å²) < 4.78 is 0. The number of nitrogens with one attached hydrogen (secondary N) is 3. The standard InChI is InChI=1S/C18H22N4O5/c1-12(23)19-8-9-22(11-13-6-4-3-5-7-13)14(24)10-18(2)15(25)20-17(27)21-16(18)26/h3-7H,8-11H2,1-2H3,(H,19,23)(H2,20,21,25,26,27). The van der Waals surface area contributed by atoms with E-state index in [0.29, 0.717) is 0 Å². The highest BCUT2D eigenvalue weighted by Crippen LogP contribution is 2.26. The summed E-state index contributed by atoms with van der Waals surface area (Å²) in [6.07, 6.45) is -0.398. The van der Waals surface area contributed by atoms with Crippen LogP contribution in [0.5, 0.6) is 0 Å². The molecule has 1 aliphatic heterocycles. The minimum absolute atomic E-state index is 0.214. The Morgan fingerprint density at radius 1 is 1.07 bits per heavy atom. The van der Waals surface area contributed by atoms with Crippen molar-refractivity contribution in [3.63, 3.8) is 0 Å². The lowest BCUT2D eigenvalue weighted by atomic mass is 9.83. The smallest absolute Gasteiger partial charge is 0.328 e. The zero-order chi connectivity index (χ0) is 20.0. The second kappa shape index (κ2) is 8.43. The quantitative estimate of drug-likeness (QED) is 0.576. The molecule has 0 atom stereocenters. The Balaban J connectivity index is 2.14. The minimum Gasteiger partial charge on any atom is -0.355 e. The maximum absolute atomic E-state index is 12.8. The van der Waals surface area contributed by atoms with E-state index >= 15 is 0 Å². The number of hydrogen-bond acceptors (Lipinski definition) is 5. The van der Waals surface area contributed by atoms with Gasteiger partial charge in [-0.15, -0.1) is 0 Å². The molecular weight excluding hydrogens is 352 g/mol. The number of amides is 6. The number of hydrogen-bond donors (Lipinski definition) is 3. The Morgan fingerprint density at radius 2 is 1.67 bits per heavy atom. The summed E-state index contributed by atoms with van der Waals surface area (Å²) in [5, 5.41) is 6.65. The number of imide groups is 2. The van der Waals surface area contributed by atoms with Crippen LogP contribution in [0.4, 0.5) is 4.79 Å². The summed E-state index contributed by atoms with van der Waals surface area (Å²) in [7, 11) is 0. The Hall–Kier alpha value is -3.23. The lowest BCUT2D eigenvalue weighted by molar-refractivity contribution is -0.149. The highest BCUT2D eigenvalue weighted by Gasteiger charge is 2.48. The molecule has 1 aliphatic rings. The highest BCUT2D eigenvalue weighted by molar-refractivity contribution is 6.20. The highest BCUT2D eigenvalue weighted by atomic mass is 16.2. The van der Waals surface area contributed by atoms with Crippen LogP contribution in [-0.4, -0.2) is 47.6 Å². The fraction of sp³-hybridized carbons (Fsp3) is 0.389. The molecule has 144 valence electrons. The number of nitrogens with zero attached hydrogens (tertiary/aromatic N) is 1. The first kappa shape index (κ1) is 20.1. The largest absolute Gasteiger partial charge is 0.355 e. The molecule has 9 heteroatoms. The van der Waals surface area contributed by atoms with Crippen molar-refractivity contribution in [2.75, 3.05) is 13.1 Å². The van der Waals surface area contributed by atoms with Crippen LogP contribution in [0.25, 0.3) is 0 Å². The van der Waals surface area contributed by atoms with Crippen molar-refractivity contribution >= 4 is 29.7 Å². The Kier molecular flexibility index (Phi) is 6.27. The third-order valence-electron chi connectivity index (χ3n) is 4.29. The summed E-state index contributed by atoms with van der Waals surface area (Å²) >= 11 is 0. The summed E-state index contributed by atoms with van der Waals surface area (Å²) in [4.78, 5) is 60.9. The van der Waals surface area contributed by atoms with Gasteiger partial charge in [0.05, 0.1) is 0 Å². The molecule has 0 aliphatic carbocycles. The lowest BCUT2D eigenvalue weighted by Gasteiger charge is -2.32. The van der Waals surface area contributed by atoms with Crippen molar-refractivity contribution in [3.05, 3.63) is 35.9 Å². The second-order valence-electron chi connectivity index (χ2n) is 6.53. The summed E-state index contributed by atoms with van der Waals surface area (Å²) in [6, 6.07) is 8.31. The van der Waals surface area contributed by atoms with Crippen LogP contribution in [0.1, 0.15) is 25.8 Å². The van der Waals surface area contributed by atoms with Crippen molar-refractivity contribution in [1.29, 1.82) is 0 Å². The zero-order valence-electron chi connectivity index (χ0n) is 15.2. The van der Waals surface area contributed by atoms with Gasteiger partial charge in [-0.05, 0) is 12.5 Å². The number of benzene rings is 1. The van der Waals surface area contributed by atoms with E-state index in [4.69, 9.17) is 0 Å². The minimum atomic E-state index is -1.69. The van der Waals surface area contributed by atoms with E-state index in [-0.39, 0.29) is 25.5 Å². The number of carbonyl (C=O) groups is 5. The molecule has 27 heavy (non-hydrogen) atoms. The number of carbonyl (C=O) groups excluding carboxylic acids is 5. The van der Waals surface area contributed by atoms with Gasteiger partial charge in [0, 0.05) is 33.0 Å². The van der Waals surface area contributed by atoms with E-state index in [2.05, 4.69) is 5.32 Å². The molecule has 0 radical (unpaired) electrons. The first-order chi connectivity index (χ1) is 12.7. The molecule has 6 amide bonds. The summed E-state index contributed by atoms with van der Waals surface area (Å²) in [6.45, 7) is 3.40. The molecule has 3 N–H and O–H groups in total. The van der Waals surface area contributed by atoms with E-state index < -0.39 is 35.6 Å². The number of barbiturate groups is 1. The van der Waals surface area contributed by atoms with Crippen molar-refractivity contribution in [3.8, 4) is 0 Å². The van der Waals surface area contributed by atoms with Gasteiger partial charge >= 0.3 is 6.03 Å². The van der Waals surface area contributed by atoms with E-state index in [1.807, 2.05) is 41.0 Å². The molecule has 0 spiro atoms. The van der Waals surface area contributed by atoms with Gasteiger partial charge in [-0.2, -0.15) is 0 Å². The average Bonchev–Trinajstić information content (AvgIpc) is 2.59. The average molecular weight is 374 g/mol. The Labute approximate surface area is 156 Å². The fourth-order valence-corrected chi connectivity index (χ4v) is 2.65. The zero-order valence-corrected chi connectivity index (χ0v) is 15.2. The van der Waals surface area contributed by atoms with Crippen LogP contribution in [-0.2, 0) is 25.7 Å². The molecule has 1 aromatic rings. The molecule has 1 heterocycles. The molecule has 0 bridgehead atoms. The van der Waals surface area contributed by atoms with E-state index in [0.717, 1.165) is 5.56 Å². The maximum atomic E-state index is 12.8. The van der Waals surface area contributed by atoms with Gasteiger partial charge in [-0.3, -0.25) is 29.8 Å². The lowest BCUT2D eigenvalue weighted by Crippen LogP contribution is -2.62. The van der Waals surface area contributed by atoms with Crippen LogP contribution in [0.3, 0.4) is 0 Å².